The van der Waals surface area contributed by atoms with Gasteiger partial charge in [0.25, 0.3) is 0 Å². The Morgan fingerprint density at radius 1 is 1.25 bits per heavy atom. The lowest BCUT2D eigenvalue weighted by molar-refractivity contribution is -0.0370. The second-order valence-electron chi connectivity index (χ2n) is 5.35. The number of hydrogen-bond donors (Lipinski definition) is 3. The Morgan fingerprint density at radius 3 is 2.54 bits per heavy atom. The van der Waals surface area contributed by atoms with Crippen molar-refractivity contribution in [1.82, 2.24) is 0 Å². The van der Waals surface area contributed by atoms with E-state index < -0.39 is 32.0 Å². The van der Waals surface area contributed by atoms with Gasteiger partial charge in [-0.05, 0) is 24.0 Å². The van der Waals surface area contributed by atoms with Crippen molar-refractivity contribution in [3.8, 4) is 0 Å². The zero-order chi connectivity index (χ0) is 17.9. The van der Waals surface area contributed by atoms with Crippen molar-refractivity contribution in [2.75, 3.05) is 6.61 Å². The van der Waals surface area contributed by atoms with Gasteiger partial charge in [0.05, 0.1) is 18.9 Å². The number of benzene rings is 1. The fourth-order valence-corrected chi connectivity index (χ4v) is 2.83. The van der Waals surface area contributed by atoms with Gasteiger partial charge >= 0.3 is 8.03 Å². The molecule has 24 heavy (non-hydrogen) atoms. The lowest BCUT2D eigenvalue weighted by Crippen LogP contribution is -2.39. The van der Waals surface area contributed by atoms with E-state index in [1.807, 2.05) is 30.3 Å². The van der Waals surface area contributed by atoms with E-state index >= 15 is 0 Å². The summed E-state index contributed by atoms with van der Waals surface area (Å²) < 4.78 is 16.6. The molecule has 0 aliphatic heterocycles. The smallest absolute Gasteiger partial charge is 0.391 e. The van der Waals surface area contributed by atoms with Crippen molar-refractivity contribution in [2.24, 2.45) is 5.16 Å². The molecule has 0 bridgehead atoms. The molecule has 1 aromatic carbocycles. The molecule has 0 radical (unpaired) electrons. The summed E-state index contributed by atoms with van der Waals surface area (Å²) in [6, 6.07) is 9.35. The highest BCUT2D eigenvalue weighted by atomic mass is 31.1. The summed E-state index contributed by atoms with van der Waals surface area (Å²) in [5.41, 5.74) is 0.473. The fraction of sp³-hybridized carbons (Fsp3) is 0.562. The van der Waals surface area contributed by atoms with Crippen LogP contribution in [0.3, 0.4) is 0 Å². The molecule has 7 nitrogen and oxygen atoms in total. The lowest BCUT2D eigenvalue weighted by atomic mass is 10.0. The van der Waals surface area contributed by atoms with E-state index in [1.54, 1.807) is 13.8 Å². The molecule has 2 unspecified atom stereocenters. The summed E-state index contributed by atoms with van der Waals surface area (Å²) in [5.74, 6) is 0. The van der Waals surface area contributed by atoms with Crippen LogP contribution in [0.1, 0.15) is 25.8 Å². The van der Waals surface area contributed by atoms with E-state index in [4.69, 9.17) is 9.36 Å². The highest BCUT2D eigenvalue weighted by Gasteiger charge is 2.34. The molecule has 0 heterocycles. The van der Waals surface area contributed by atoms with Crippen molar-refractivity contribution in [3.05, 3.63) is 35.9 Å². The molecule has 0 spiro atoms. The SMILES string of the molecule is CCO[P+](=O)C(C)C[C@@H](O)[C@@H](O)[C@@H](O)/C=N/OCc1ccccc1. The second kappa shape index (κ2) is 11.2. The molecule has 3 N–H and O–H groups in total. The highest BCUT2D eigenvalue weighted by molar-refractivity contribution is 7.40. The van der Waals surface area contributed by atoms with E-state index in [0.29, 0.717) is 6.61 Å². The van der Waals surface area contributed by atoms with Gasteiger partial charge in [-0.25, -0.2) is 0 Å². The zero-order valence-electron chi connectivity index (χ0n) is 13.9. The van der Waals surface area contributed by atoms with Crippen LogP contribution in [0.2, 0.25) is 0 Å². The summed E-state index contributed by atoms with van der Waals surface area (Å²) in [7, 11) is -1.92. The molecular weight excluding hydrogens is 333 g/mol. The topological polar surface area (TPSA) is 109 Å². The van der Waals surface area contributed by atoms with Crippen LogP contribution in [-0.4, -0.2) is 52.1 Å². The molecule has 0 fully saturated rings. The van der Waals surface area contributed by atoms with E-state index in [1.165, 1.54) is 0 Å². The van der Waals surface area contributed by atoms with E-state index in [9.17, 15) is 19.9 Å². The molecule has 1 aromatic rings. The first kappa shape index (κ1) is 20.7. The Labute approximate surface area is 142 Å². The minimum absolute atomic E-state index is 0.0339. The van der Waals surface area contributed by atoms with Gasteiger partial charge in [0.2, 0.25) is 0 Å². The summed E-state index contributed by atoms with van der Waals surface area (Å²) in [4.78, 5) is 5.02. The van der Waals surface area contributed by atoms with Gasteiger partial charge in [-0.3, -0.25) is 0 Å². The quantitative estimate of drug-likeness (QED) is 0.316. The number of aliphatic hydroxyl groups excluding tert-OH is 3. The van der Waals surface area contributed by atoms with Gasteiger partial charge in [0.1, 0.15) is 18.8 Å². The van der Waals surface area contributed by atoms with Gasteiger partial charge < -0.3 is 20.2 Å². The molecule has 1 rings (SSSR count). The minimum Gasteiger partial charge on any atom is -0.391 e. The molecule has 0 aliphatic rings. The van der Waals surface area contributed by atoms with E-state index in [2.05, 4.69) is 5.16 Å². The summed E-state index contributed by atoms with van der Waals surface area (Å²) in [5, 5.41) is 33.2. The van der Waals surface area contributed by atoms with Gasteiger partial charge in [0, 0.05) is 6.42 Å². The lowest BCUT2D eigenvalue weighted by Gasteiger charge is -2.20. The maximum Gasteiger partial charge on any atom is 0.511 e. The molecule has 0 aliphatic carbocycles. The highest BCUT2D eigenvalue weighted by Crippen LogP contribution is 2.32. The summed E-state index contributed by atoms with van der Waals surface area (Å²) in [6.07, 6.45) is -3.06. The first-order valence-electron chi connectivity index (χ1n) is 7.78. The zero-order valence-corrected chi connectivity index (χ0v) is 14.8. The molecule has 5 atom stereocenters. The van der Waals surface area contributed by atoms with Crippen LogP contribution in [0.15, 0.2) is 35.5 Å². The molecule has 0 amide bonds. The van der Waals surface area contributed by atoms with Crippen LogP contribution in [0.5, 0.6) is 0 Å². The number of aliphatic hydroxyl groups is 3. The Balaban J connectivity index is 2.38. The third-order valence-corrected chi connectivity index (χ3v) is 4.75. The van der Waals surface area contributed by atoms with Crippen molar-refractivity contribution < 1.29 is 29.2 Å². The predicted molar refractivity (Wildman–Crippen MR) is 91.1 cm³/mol. The largest absolute Gasteiger partial charge is 0.511 e. The van der Waals surface area contributed by atoms with Crippen LogP contribution >= 0.6 is 8.03 Å². The number of oxime groups is 1. The Hall–Kier alpha value is -1.37. The monoisotopic (exact) mass is 358 g/mol. The van der Waals surface area contributed by atoms with Crippen molar-refractivity contribution in [3.63, 3.8) is 0 Å². The second-order valence-corrected chi connectivity index (χ2v) is 7.06. The summed E-state index contributed by atoms with van der Waals surface area (Å²) >= 11 is 0. The van der Waals surface area contributed by atoms with Gasteiger partial charge in [-0.15, -0.1) is 4.52 Å². The molecule has 0 saturated heterocycles. The third kappa shape index (κ3) is 7.47. The molecule has 0 aromatic heterocycles. The molecule has 134 valence electrons. The van der Waals surface area contributed by atoms with Gasteiger partial charge in [-0.1, -0.05) is 35.5 Å². The number of rotatable bonds is 11. The van der Waals surface area contributed by atoms with Gasteiger partial charge in [0.15, 0.2) is 5.66 Å². The fourth-order valence-electron chi connectivity index (χ4n) is 1.94. The van der Waals surface area contributed by atoms with Crippen molar-refractivity contribution in [2.45, 2.75) is 50.8 Å². The average Bonchev–Trinajstić information content (AvgIpc) is 2.58. The first-order valence-corrected chi connectivity index (χ1v) is 9.03. The molecule has 8 heteroatoms. The van der Waals surface area contributed by atoms with Crippen LogP contribution in [0.4, 0.5) is 0 Å². The van der Waals surface area contributed by atoms with E-state index in [-0.39, 0.29) is 13.0 Å². The maximum atomic E-state index is 11.6. The third-order valence-electron chi connectivity index (χ3n) is 3.31. The average molecular weight is 358 g/mol. The van der Waals surface area contributed by atoms with Crippen molar-refractivity contribution in [1.29, 1.82) is 0 Å². The predicted octanol–water partition coefficient (Wildman–Crippen LogP) is 1.83. The minimum atomic E-state index is -1.92. The Bertz CT molecular complexity index is 513. The van der Waals surface area contributed by atoms with Gasteiger partial charge in [-0.2, -0.15) is 0 Å². The van der Waals surface area contributed by atoms with Crippen molar-refractivity contribution >= 4 is 14.2 Å². The first-order chi connectivity index (χ1) is 11.5. The van der Waals surface area contributed by atoms with E-state index in [0.717, 1.165) is 11.8 Å². The standard InChI is InChI=1S/C16H25NO6P/c1-3-23-24(21)12(2)9-14(18)16(20)15(19)10-17-22-11-13-7-5-4-6-8-13/h4-8,10,12,14-16,18-20H,3,9,11H2,1-2H3/q+1/b17-10+/t12?,14-,15+,16-/m1/s1. The Morgan fingerprint density at radius 2 is 1.92 bits per heavy atom. The molecule has 0 saturated carbocycles. The van der Waals surface area contributed by atoms with Crippen LogP contribution in [0.25, 0.3) is 0 Å². The number of nitrogens with zero attached hydrogens (tertiary/aromatic N) is 1. The Kier molecular flexibility index (Phi) is 9.67. The van der Waals surface area contributed by atoms with Crippen LogP contribution < -0.4 is 0 Å². The van der Waals surface area contributed by atoms with Crippen LogP contribution in [0, 0.1) is 0 Å². The molecular formula is C16H25NO6P+. The maximum absolute atomic E-state index is 11.6. The summed E-state index contributed by atoms with van der Waals surface area (Å²) in [6.45, 7) is 3.91. The normalized spacial score (nSPS) is 17.3. The number of hydrogen-bond acceptors (Lipinski definition) is 7. The van der Waals surface area contributed by atoms with Crippen LogP contribution in [-0.2, 0) is 20.5 Å².